The van der Waals surface area contributed by atoms with Gasteiger partial charge in [-0.2, -0.15) is 5.10 Å². The van der Waals surface area contributed by atoms with Gasteiger partial charge in [-0.25, -0.2) is 20.5 Å². The van der Waals surface area contributed by atoms with Gasteiger partial charge in [-0.3, -0.25) is 0 Å². The summed E-state index contributed by atoms with van der Waals surface area (Å²) in [6.45, 7) is 2.03. The predicted octanol–water partition coefficient (Wildman–Crippen LogP) is 1.67. The minimum atomic E-state index is 0.575. The van der Waals surface area contributed by atoms with E-state index in [-0.39, 0.29) is 0 Å². The second kappa shape index (κ2) is 5.37. The zero-order valence-corrected chi connectivity index (χ0v) is 11.9. The average Bonchev–Trinajstić information content (AvgIpc) is 2.93. The fraction of sp³-hybridized carbons (Fsp3) is 0.214. The summed E-state index contributed by atoms with van der Waals surface area (Å²) in [5.41, 5.74) is 5.08. The molecule has 0 saturated carbocycles. The molecule has 0 amide bonds. The standard InChI is InChI=1S/C14H16N6O/c1-3-11-12-13(18-15)16-8-17-14(12)20(19-11)9-5-4-6-10(7-9)21-2/h4-8H,3,15H2,1-2H3,(H,16,17,18). The summed E-state index contributed by atoms with van der Waals surface area (Å²) in [4.78, 5) is 8.49. The van der Waals surface area contributed by atoms with Crippen LogP contribution in [-0.2, 0) is 6.42 Å². The number of rotatable bonds is 4. The Labute approximate surface area is 121 Å². The van der Waals surface area contributed by atoms with Gasteiger partial charge in [0.2, 0.25) is 0 Å². The number of hydrogen-bond acceptors (Lipinski definition) is 6. The van der Waals surface area contributed by atoms with Crippen molar-refractivity contribution in [2.24, 2.45) is 5.84 Å². The summed E-state index contributed by atoms with van der Waals surface area (Å²) in [6, 6.07) is 7.66. The van der Waals surface area contributed by atoms with Crippen LogP contribution >= 0.6 is 0 Å². The maximum Gasteiger partial charge on any atom is 0.168 e. The Bertz CT molecular complexity index is 782. The molecule has 3 aromatic rings. The highest BCUT2D eigenvalue weighted by molar-refractivity contribution is 5.90. The highest BCUT2D eigenvalue weighted by atomic mass is 16.5. The summed E-state index contributed by atoms with van der Waals surface area (Å²) in [5, 5.41) is 5.46. The SMILES string of the molecule is CCc1nn(-c2cccc(OC)c2)c2ncnc(NN)c12. The van der Waals surface area contributed by atoms with Gasteiger partial charge in [-0.15, -0.1) is 0 Å². The Hall–Kier alpha value is -2.67. The van der Waals surface area contributed by atoms with Gasteiger partial charge in [0.1, 0.15) is 12.1 Å². The van der Waals surface area contributed by atoms with Gasteiger partial charge in [-0.05, 0) is 18.6 Å². The molecule has 0 bridgehead atoms. The second-order valence-corrected chi connectivity index (χ2v) is 4.48. The van der Waals surface area contributed by atoms with Crippen molar-refractivity contribution in [2.75, 3.05) is 12.5 Å². The Morgan fingerprint density at radius 2 is 2.19 bits per heavy atom. The van der Waals surface area contributed by atoms with Crippen molar-refractivity contribution < 1.29 is 4.74 Å². The van der Waals surface area contributed by atoms with Crippen LogP contribution < -0.4 is 16.0 Å². The van der Waals surface area contributed by atoms with Crippen LogP contribution in [0.25, 0.3) is 16.7 Å². The quantitative estimate of drug-likeness (QED) is 0.559. The minimum absolute atomic E-state index is 0.575. The fourth-order valence-corrected chi connectivity index (χ4v) is 2.30. The van der Waals surface area contributed by atoms with Crippen LogP contribution in [0.3, 0.4) is 0 Å². The lowest BCUT2D eigenvalue weighted by molar-refractivity contribution is 0.414. The number of nitrogens with one attached hydrogen (secondary N) is 1. The highest BCUT2D eigenvalue weighted by Crippen LogP contribution is 2.26. The number of nitrogens with two attached hydrogens (primary N) is 1. The van der Waals surface area contributed by atoms with Crippen LogP contribution in [0, 0.1) is 0 Å². The Balaban J connectivity index is 2.28. The molecule has 0 spiro atoms. The number of methoxy groups -OCH3 is 1. The molecule has 7 heteroatoms. The Kier molecular flexibility index (Phi) is 3.41. The summed E-state index contributed by atoms with van der Waals surface area (Å²) >= 11 is 0. The first-order valence-electron chi connectivity index (χ1n) is 6.62. The van der Waals surface area contributed by atoms with Crippen molar-refractivity contribution in [1.82, 2.24) is 19.7 Å². The van der Waals surface area contributed by atoms with Gasteiger partial charge in [0, 0.05) is 6.07 Å². The number of nitrogens with zero attached hydrogens (tertiary/aromatic N) is 4. The number of aryl methyl sites for hydroxylation is 1. The molecule has 0 aliphatic rings. The van der Waals surface area contributed by atoms with Crippen LogP contribution in [0.5, 0.6) is 5.75 Å². The largest absolute Gasteiger partial charge is 0.497 e. The Morgan fingerprint density at radius 1 is 1.33 bits per heavy atom. The van der Waals surface area contributed by atoms with Crippen LogP contribution in [0.2, 0.25) is 0 Å². The van der Waals surface area contributed by atoms with Crippen LogP contribution in [0.1, 0.15) is 12.6 Å². The zero-order valence-electron chi connectivity index (χ0n) is 11.9. The molecule has 0 radical (unpaired) electrons. The number of fused-ring (bicyclic) bond motifs is 1. The van der Waals surface area contributed by atoms with Crippen LogP contribution in [0.4, 0.5) is 5.82 Å². The molecule has 0 aliphatic heterocycles. The van der Waals surface area contributed by atoms with E-state index in [2.05, 4.69) is 20.5 Å². The lowest BCUT2D eigenvalue weighted by Crippen LogP contribution is -2.09. The smallest absolute Gasteiger partial charge is 0.168 e. The maximum atomic E-state index is 5.54. The number of ether oxygens (including phenoxy) is 1. The van der Waals surface area contributed by atoms with E-state index in [9.17, 15) is 0 Å². The van der Waals surface area contributed by atoms with Crippen molar-refractivity contribution in [2.45, 2.75) is 13.3 Å². The zero-order chi connectivity index (χ0) is 14.8. The molecule has 3 rings (SSSR count). The van der Waals surface area contributed by atoms with Crippen molar-refractivity contribution in [3.05, 3.63) is 36.3 Å². The maximum absolute atomic E-state index is 5.54. The first-order valence-corrected chi connectivity index (χ1v) is 6.62. The molecule has 0 fully saturated rings. The number of aromatic nitrogens is 4. The van der Waals surface area contributed by atoms with E-state index in [1.807, 2.05) is 31.2 Å². The van der Waals surface area contributed by atoms with Crippen molar-refractivity contribution in [3.8, 4) is 11.4 Å². The monoisotopic (exact) mass is 284 g/mol. The van der Waals surface area contributed by atoms with Gasteiger partial charge < -0.3 is 10.2 Å². The van der Waals surface area contributed by atoms with Crippen LogP contribution in [-0.4, -0.2) is 26.9 Å². The molecular weight excluding hydrogens is 268 g/mol. The summed E-state index contributed by atoms with van der Waals surface area (Å²) < 4.78 is 7.04. The predicted molar refractivity (Wildman–Crippen MR) is 80.4 cm³/mol. The number of benzene rings is 1. The number of anilines is 1. The molecule has 108 valence electrons. The lowest BCUT2D eigenvalue weighted by Gasteiger charge is -2.05. The number of nitrogen functional groups attached to an aromatic ring is 1. The second-order valence-electron chi connectivity index (χ2n) is 4.48. The minimum Gasteiger partial charge on any atom is -0.497 e. The molecule has 0 aliphatic carbocycles. The summed E-state index contributed by atoms with van der Waals surface area (Å²) in [7, 11) is 1.64. The molecule has 7 nitrogen and oxygen atoms in total. The molecule has 3 N–H and O–H groups in total. The van der Waals surface area contributed by atoms with Crippen molar-refractivity contribution in [3.63, 3.8) is 0 Å². The number of hydrogen-bond donors (Lipinski definition) is 2. The third kappa shape index (κ3) is 2.17. The molecule has 0 unspecified atom stereocenters. The lowest BCUT2D eigenvalue weighted by atomic mass is 10.2. The summed E-state index contributed by atoms with van der Waals surface area (Å²) in [5.74, 6) is 6.88. The first kappa shape index (κ1) is 13.3. The third-order valence-corrected chi connectivity index (χ3v) is 3.31. The van der Waals surface area contributed by atoms with Gasteiger partial charge in [0.15, 0.2) is 11.5 Å². The van der Waals surface area contributed by atoms with E-state index in [1.165, 1.54) is 6.33 Å². The molecular formula is C14H16N6O. The molecule has 21 heavy (non-hydrogen) atoms. The normalized spacial score (nSPS) is 10.8. The third-order valence-electron chi connectivity index (χ3n) is 3.31. The highest BCUT2D eigenvalue weighted by Gasteiger charge is 2.16. The van der Waals surface area contributed by atoms with E-state index in [0.717, 1.165) is 28.9 Å². The van der Waals surface area contributed by atoms with E-state index in [4.69, 9.17) is 10.6 Å². The van der Waals surface area contributed by atoms with Gasteiger partial charge in [0.25, 0.3) is 0 Å². The van der Waals surface area contributed by atoms with Gasteiger partial charge >= 0.3 is 0 Å². The summed E-state index contributed by atoms with van der Waals surface area (Å²) in [6.07, 6.45) is 2.23. The van der Waals surface area contributed by atoms with Gasteiger partial charge in [-0.1, -0.05) is 13.0 Å². The Morgan fingerprint density at radius 3 is 2.90 bits per heavy atom. The molecule has 2 aromatic heterocycles. The van der Waals surface area contributed by atoms with E-state index < -0.39 is 0 Å². The van der Waals surface area contributed by atoms with E-state index >= 15 is 0 Å². The van der Waals surface area contributed by atoms with Crippen LogP contribution in [0.15, 0.2) is 30.6 Å². The van der Waals surface area contributed by atoms with Crippen molar-refractivity contribution >= 4 is 16.9 Å². The topological polar surface area (TPSA) is 90.9 Å². The van der Waals surface area contributed by atoms with E-state index in [0.29, 0.717) is 11.5 Å². The molecule has 0 atom stereocenters. The van der Waals surface area contributed by atoms with Gasteiger partial charge in [0.05, 0.1) is 23.9 Å². The number of hydrazine groups is 1. The first-order chi connectivity index (χ1) is 10.3. The molecule has 0 saturated heterocycles. The fourth-order valence-electron chi connectivity index (χ4n) is 2.30. The van der Waals surface area contributed by atoms with E-state index in [1.54, 1.807) is 11.8 Å². The van der Waals surface area contributed by atoms with Crippen molar-refractivity contribution in [1.29, 1.82) is 0 Å². The molecule has 2 heterocycles. The average molecular weight is 284 g/mol. The molecule has 1 aromatic carbocycles.